The minimum Gasteiger partial charge on any atom is -0.338 e. The molecule has 6 heteroatoms. The third-order valence-electron chi connectivity index (χ3n) is 4.11. The molecule has 2 saturated heterocycles. The van der Waals surface area contributed by atoms with Gasteiger partial charge in [0.15, 0.2) is 0 Å². The Balaban J connectivity index is 0.00000180. The number of rotatable bonds is 4. The van der Waals surface area contributed by atoms with Gasteiger partial charge in [0.25, 0.3) is 0 Å². The maximum atomic E-state index is 12.1. The van der Waals surface area contributed by atoms with Gasteiger partial charge in [-0.15, -0.1) is 24.8 Å². The molecule has 0 spiro atoms. The van der Waals surface area contributed by atoms with Gasteiger partial charge >= 0.3 is 0 Å². The van der Waals surface area contributed by atoms with E-state index in [1.165, 1.54) is 38.8 Å². The van der Waals surface area contributed by atoms with E-state index in [1.54, 1.807) is 0 Å². The van der Waals surface area contributed by atoms with Crippen molar-refractivity contribution < 1.29 is 4.79 Å². The average molecular weight is 326 g/mol. The van der Waals surface area contributed by atoms with Crippen LogP contribution in [-0.4, -0.2) is 54.0 Å². The van der Waals surface area contributed by atoms with Crippen molar-refractivity contribution >= 4 is 30.7 Å². The first-order valence-corrected chi connectivity index (χ1v) is 7.44. The summed E-state index contributed by atoms with van der Waals surface area (Å²) < 4.78 is 0. The minimum absolute atomic E-state index is 0. The molecule has 1 amide bonds. The second-order valence-corrected chi connectivity index (χ2v) is 5.93. The highest BCUT2D eigenvalue weighted by Crippen LogP contribution is 2.21. The summed E-state index contributed by atoms with van der Waals surface area (Å²) in [4.78, 5) is 16.7. The molecule has 0 radical (unpaired) electrons. The van der Waals surface area contributed by atoms with Crippen LogP contribution in [-0.2, 0) is 4.79 Å². The molecule has 0 saturated carbocycles. The number of carbonyl (C=O) groups is 1. The van der Waals surface area contributed by atoms with Gasteiger partial charge in [0.2, 0.25) is 5.91 Å². The molecule has 4 nitrogen and oxygen atoms in total. The van der Waals surface area contributed by atoms with Gasteiger partial charge in [-0.3, -0.25) is 4.79 Å². The second-order valence-electron chi connectivity index (χ2n) is 5.93. The number of nitrogens with zero attached hydrogens (tertiary/aromatic N) is 2. The Hall–Kier alpha value is -0.0300. The van der Waals surface area contributed by atoms with Crippen LogP contribution < -0.4 is 5.73 Å². The Kier molecular flexibility index (Phi) is 9.81. The Labute approximate surface area is 135 Å². The van der Waals surface area contributed by atoms with E-state index in [2.05, 4.69) is 9.80 Å². The fourth-order valence-corrected chi connectivity index (χ4v) is 3.19. The highest BCUT2D eigenvalue weighted by atomic mass is 35.5. The van der Waals surface area contributed by atoms with E-state index in [0.717, 1.165) is 19.5 Å². The monoisotopic (exact) mass is 325 g/mol. The van der Waals surface area contributed by atoms with Crippen molar-refractivity contribution in [2.75, 3.05) is 26.2 Å². The molecule has 2 N–H and O–H groups in total. The predicted octanol–water partition coefficient (Wildman–Crippen LogP) is 2.04. The van der Waals surface area contributed by atoms with Crippen LogP contribution in [0.3, 0.4) is 0 Å². The average Bonchev–Trinajstić information content (AvgIpc) is 2.77. The van der Waals surface area contributed by atoms with E-state index >= 15 is 0 Å². The highest BCUT2D eigenvalue weighted by Gasteiger charge is 2.30. The molecule has 2 heterocycles. The van der Waals surface area contributed by atoms with Crippen LogP contribution >= 0.6 is 24.8 Å². The summed E-state index contributed by atoms with van der Waals surface area (Å²) in [6, 6.07) is 0.420. The second kappa shape index (κ2) is 9.82. The highest BCUT2D eigenvalue weighted by molar-refractivity contribution is 5.85. The van der Waals surface area contributed by atoms with Gasteiger partial charge in [0.1, 0.15) is 0 Å². The van der Waals surface area contributed by atoms with Gasteiger partial charge in [-0.1, -0.05) is 6.42 Å². The molecule has 2 aliphatic rings. The third kappa shape index (κ3) is 5.76. The lowest BCUT2D eigenvalue weighted by Gasteiger charge is -2.33. The van der Waals surface area contributed by atoms with Crippen LogP contribution in [0, 0.1) is 0 Å². The molecule has 0 aromatic heterocycles. The molecular formula is C14H29Cl2N3O. The number of halogens is 2. The van der Waals surface area contributed by atoms with Crippen molar-refractivity contribution in [3.8, 4) is 0 Å². The molecule has 0 aliphatic carbocycles. The maximum Gasteiger partial charge on any atom is 0.224 e. The van der Waals surface area contributed by atoms with Gasteiger partial charge in [0.05, 0.1) is 0 Å². The standard InChI is InChI=1S/C14H27N3O.2ClH/c1-12(15)10-14(18)17-9-5-6-13(17)11-16-7-3-2-4-8-16;;/h12-13H,2-11,15H2,1H3;2*1H. The molecule has 0 aromatic carbocycles. The van der Waals surface area contributed by atoms with Crippen LogP contribution in [0.25, 0.3) is 0 Å². The van der Waals surface area contributed by atoms with Gasteiger partial charge in [-0.25, -0.2) is 0 Å². The lowest BCUT2D eigenvalue weighted by Crippen LogP contribution is -2.45. The number of likely N-dealkylation sites (tertiary alicyclic amines) is 2. The minimum atomic E-state index is -0.0197. The van der Waals surface area contributed by atoms with E-state index < -0.39 is 0 Å². The van der Waals surface area contributed by atoms with Crippen molar-refractivity contribution in [3.63, 3.8) is 0 Å². The first-order valence-electron chi connectivity index (χ1n) is 7.44. The predicted molar refractivity (Wildman–Crippen MR) is 87.8 cm³/mol. The molecule has 0 aromatic rings. The van der Waals surface area contributed by atoms with E-state index in [9.17, 15) is 4.79 Å². The number of nitrogens with two attached hydrogens (primary N) is 1. The Bertz CT molecular complexity index is 284. The van der Waals surface area contributed by atoms with Crippen LogP contribution in [0.2, 0.25) is 0 Å². The summed E-state index contributed by atoms with van der Waals surface area (Å²) in [6.07, 6.45) is 6.83. The molecule has 2 fully saturated rings. The van der Waals surface area contributed by atoms with E-state index in [0.29, 0.717) is 12.5 Å². The van der Waals surface area contributed by atoms with Crippen LogP contribution in [0.5, 0.6) is 0 Å². The summed E-state index contributed by atoms with van der Waals surface area (Å²) in [6.45, 7) is 6.35. The summed E-state index contributed by atoms with van der Waals surface area (Å²) >= 11 is 0. The largest absolute Gasteiger partial charge is 0.338 e. The molecule has 2 aliphatic heterocycles. The topological polar surface area (TPSA) is 49.6 Å². The van der Waals surface area contributed by atoms with Gasteiger partial charge in [-0.2, -0.15) is 0 Å². The van der Waals surface area contributed by atoms with Gasteiger partial charge in [0, 0.05) is 31.6 Å². The summed E-state index contributed by atoms with van der Waals surface area (Å²) in [5.41, 5.74) is 5.73. The number of hydrogen-bond donors (Lipinski definition) is 1. The molecule has 2 rings (SSSR count). The molecule has 20 heavy (non-hydrogen) atoms. The quantitative estimate of drug-likeness (QED) is 0.860. The third-order valence-corrected chi connectivity index (χ3v) is 4.11. The smallest absolute Gasteiger partial charge is 0.224 e. The molecule has 2 atom stereocenters. The number of piperidine rings is 1. The fraction of sp³-hybridized carbons (Fsp3) is 0.929. The molecule has 2 unspecified atom stereocenters. The van der Waals surface area contributed by atoms with Crippen LogP contribution in [0.1, 0.15) is 45.4 Å². The van der Waals surface area contributed by atoms with Crippen LogP contribution in [0.15, 0.2) is 0 Å². The lowest BCUT2D eigenvalue weighted by atomic mass is 10.1. The van der Waals surface area contributed by atoms with Gasteiger partial charge in [-0.05, 0) is 45.7 Å². The van der Waals surface area contributed by atoms with Crippen molar-refractivity contribution in [2.45, 2.75) is 57.5 Å². The zero-order valence-corrected chi connectivity index (χ0v) is 14.1. The SMILES string of the molecule is CC(N)CC(=O)N1CCCC1CN1CCCCC1.Cl.Cl. The Morgan fingerprint density at radius 2 is 1.80 bits per heavy atom. The molecule has 120 valence electrons. The zero-order chi connectivity index (χ0) is 13.0. The van der Waals surface area contributed by atoms with E-state index in [4.69, 9.17) is 5.73 Å². The number of carbonyl (C=O) groups excluding carboxylic acids is 1. The number of hydrogen-bond acceptors (Lipinski definition) is 3. The van der Waals surface area contributed by atoms with Gasteiger partial charge < -0.3 is 15.5 Å². The zero-order valence-electron chi connectivity index (χ0n) is 12.4. The first kappa shape index (κ1) is 20.0. The molecule has 0 bridgehead atoms. The van der Waals surface area contributed by atoms with Crippen molar-refractivity contribution in [3.05, 3.63) is 0 Å². The Morgan fingerprint density at radius 3 is 2.40 bits per heavy atom. The van der Waals surface area contributed by atoms with E-state index in [-0.39, 0.29) is 36.8 Å². The maximum absolute atomic E-state index is 12.1. The van der Waals surface area contributed by atoms with E-state index in [1.807, 2.05) is 6.92 Å². The van der Waals surface area contributed by atoms with Crippen molar-refractivity contribution in [1.82, 2.24) is 9.80 Å². The van der Waals surface area contributed by atoms with Crippen molar-refractivity contribution in [1.29, 1.82) is 0 Å². The lowest BCUT2D eigenvalue weighted by molar-refractivity contribution is -0.132. The first-order chi connectivity index (χ1) is 8.66. The molecular weight excluding hydrogens is 297 g/mol. The summed E-state index contributed by atoms with van der Waals surface area (Å²) in [5.74, 6) is 0.254. The van der Waals surface area contributed by atoms with Crippen molar-refractivity contribution in [2.24, 2.45) is 5.73 Å². The number of amides is 1. The normalized spacial score (nSPS) is 24.7. The fourth-order valence-electron chi connectivity index (χ4n) is 3.19. The van der Waals surface area contributed by atoms with Crippen LogP contribution in [0.4, 0.5) is 0 Å². The Morgan fingerprint density at radius 1 is 1.15 bits per heavy atom. The summed E-state index contributed by atoms with van der Waals surface area (Å²) in [7, 11) is 0. The summed E-state index contributed by atoms with van der Waals surface area (Å²) in [5, 5.41) is 0.